The largest absolute Gasteiger partial charge is 0.347 e. The lowest BCUT2D eigenvalue weighted by atomic mass is 9.63. The summed E-state index contributed by atoms with van der Waals surface area (Å²) in [6.45, 7) is 12.5. The maximum atomic E-state index is 14.1. The number of allylic oxidation sites excluding steroid dienone is 4. The van der Waals surface area contributed by atoms with Crippen molar-refractivity contribution >= 4 is 22.5 Å². The number of aromatic nitrogens is 1. The second-order valence-corrected chi connectivity index (χ2v) is 13.0. The summed E-state index contributed by atoms with van der Waals surface area (Å²) in [6, 6.07) is 18.9. The average molecular weight is 507 g/mol. The molecule has 4 heteroatoms. The van der Waals surface area contributed by atoms with Gasteiger partial charge in [0.15, 0.2) is 11.6 Å². The van der Waals surface area contributed by atoms with Gasteiger partial charge < -0.3 is 9.47 Å². The number of hydrogen-bond donors (Lipinski definition) is 0. The highest BCUT2D eigenvalue weighted by Crippen LogP contribution is 2.55. The molecule has 0 unspecified atom stereocenters. The standard InChI is InChI=1S/C34H38N2O2/c1-6-35-21-24(23-14-10-11-15-25(23)35)30-31-26(16-33(2,3)18-28(31)37)36(20-22-12-8-7-9-13-22)27-17-34(4,5)19-29(38)32(27)30/h7-15,21,30H,6,16-20H2,1-5H3. The van der Waals surface area contributed by atoms with Crippen LogP contribution in [0.2, 0.25) is 0 Å². The first-order chi connectivity index (χ1) is 18.1. The molecule has 1 aromatic heterocycles. The van der Waals surface area contributed by atoms with Crippen molar-refractivity contribution in [3.05, 3.63) is 94.5 Å². The lowest BCUT2D eigenvalue weighted by molar-refractivity contribution is -0.119. The highest BCUT2D eigenvalue weighted by atomic mass is 16.1. The normalized spacial score (nSPS) is 21.2. The van der Waals surface area contributed by atoms with Crippen molar-refractivity contribution in [2.45, 2.75) is 79.3 Å². The molecule has 0 amide bonds. The Morgan fingerprint density at radius 1 is 0.763 bits per heavy atom. The zero-order chi connectivity index (χ0) is 26.8. The maximum Gasteiger partial charge on any atom is 0.162 e. The molecule has 2 aromatic carbocycles. The fourth-order valence-electron chi connectivity index (χ4n) is 7.08. The van der Waals surface area contributed by atoms with Crippen molar-refractivity contribution in [2.24, 2.45) is 10.8 Å². The molecule has 0 radical (unpaired) electrons. The van der Waals surface area contributed by atoms with E-state index in [1.807, 2.05) is 6.07 Å². The number of ketones is 2. The number of rotatable bonds is 4. The molecule has 3 aromatic rings. The van der Waals surface area contributed by atoms with E-state index in [1.54, 1.807) is 0 Å². The first-order valence-corrected chi connectivity index (χ1v) is 14.0. The van der Waals surface area contributed by atoms with Gasteiger partial charge in [-0.25, -0.2) is 0 Å². The highest BCUT2D eigenvalue weighted by Gasteiger charge is 2.49. The van der Waals surface area contributed by atoms with Gasteiger partial charge >= 0.3 is 0 Å². The average Bonchev–Trinajstić information content (AvgIpc) is 3.22. The van der Waals surface area contributed by atoms with Gasteiger partial charge in [0.1, 0.15) is 0 Å². The van der Waals surface area contributed by atoms with E-state index in [1.165, 1.54) is 5.56 Å². The molecular weight excluding hydrogens is 468 g/mol. The van der Waals surface area contributed by atoms with Crippen LogP contribution in [-0.4, -0.2) is 21.0 Å². The van der Waals surface area contributed by atoms with Gasteiger partial charge in [0.25, 0.3) is 0 Å². The zero-order valence-corrected chi connectivity index (χ0v) is 23.3. The number of carbonyl (C=O) groups excluding carboxylic acids is 2. The molecule has 0 atom stereocenters. The smallest absolute Gasteiger partial charge is 0.162 e. The van der Waals surface area contributed by atoms with Crippen LogP contribution in [0.5, 0.6) is 0 Å². The Balaban J connectivity index is 1.65. The Kier molecular flexibility index (Phi) is 5.79. The van der Waals surface area contributed by atoms with Crippen LogP contribution in [0.3, 0.4) is 0 Å². The lowest BCUT2D eigenvalue weighted by Gasteiger charge is -2.49. The van der Waals surface area contributed by atoms with Gasteiger partial charge in [0, 0.05) is 71.5 Å². The van der Waals surface area contributed by atoms with Gasteiger partial charge in [-0.05, 0) is 47.8 Å². The molecule has 0 N–H and O–H groups in total. The molecule has 0 saturated heterocycles. The van der Waals surface area contributed by atoms with Crippen molar-refractivity contribution in [2.75, 3.05) is 0 Å². The van der Waals surface area contributed by atoms with E-state index in [-0.39, 0.29) is 28.3 Å². The molecule has 2 heterocycles. The van der Waals surface area contributed by atoms with Crippen LogP contribution in [0.1, 0.15) is 77.3 Å². The molecule has 0 fully saturated rings. The van der Waals surface area contributed by atoms with Crippen LogP contribution in [0.4, 0.5) is 0 Å². The Hall–Kier alpha value is -3.40. The highest BCUT2D eigenvalue weighted by molar-refractivity contribution is 6.08. The SMILES string of the molecule is CCn1cc(C2C3=C(CC(C)(C)CC3=O)N(Cc3ccccc3)C3=C2C(=O)CC(C)(C)C3)c2ccccc21. The molecule has 0 saturated carbocycles. The number of fused-ring (bicyclic) bond motifs is 1. The summed E-state index contributed by atoms with van der Waals surface area (Å²) >= 11 is 0. The Labute approximate surface area is 226 Å². The van der Waals surface area contributed by atoms with Crippen molar-refractivity contribution in [3.63, 3.8) is 0 Å². The van der Waals surface area contributed by atoms with Crippen LogP contribution in [0.15, 0.2) is 83.3 Å². The van der Waals surface area contributed by atoms with E-state index < -0.39 is 0 Å². The number of hydrogen-bond acceptors (Lipinski definition) is 3. The summed E-state index contributed by atoms with van der Waals surface area (Å²) in [4.78, 5) is 30.6. The number of carbonyl (C=O) groups is 2. The number of nitrogens with zero attached hydrogens (tertiary/aromatic N) is 2. The summed E-state index contributed by atoms with van der Waals surface area (Å²) in [5, 5.41) is 1.14. The first-order valence-electron chi connectivity index (χ1n) is 14.0. The number of para-hydroxylation sites is 1. The van der Waals surface area contributed by atoms with Crippen molar-refractivity contribution in [1.82, 2.24) is 9.47 Å². The minimum Gasteiger partial charge on any atom is -0.347 e. The summed E-state index contributed by atoms with van der Waals surface area (Å²) in [6.07, 6.45) is 4.88. The third kappa shape index (κ3) is 4.05. The Morgan fingerprint density at radius 3 is 1.89 bits per heavy atom. The van der Waals surface area contributed by atoms with E-state index in [0.717, 1.165) is 58.4 Å². The fourth-order valence-corrected chi connectivity index (χ4v) is 7.08. The maximum absolute atomic E-state index is 14.1. The summed E-state index contributed by atoms with van der Waals surface area (Å²) in [5.41, 5.74) is 7.15. The first kappa shape index (κ1) is 24.9. The minimum atomic E-state index is -0.308. The second kappa shape index (κ2) is 8.83. The fraction of sp³-hybridized carbons (Fsp3) is 0.412. The number of Topliss-reactive ketones (excluding diaryl/α,β-unsaturated/α-hetero) is 2. The van der Waals surface area contributed by atoms with Crippen LogP contribution < -0.4 is 0 Å². The molecule has 1 aliphatic heterocycles. The van der Waals surface area contributed by atoms with Gasteiger partial charge in [-0.1, -0.05) is 76.2 Å². The van der Waals surface area contributed by atoms with Crippen LogP contribution in [0, 0.1) is 10.8 Å². The van der Waals surface area contributed by atoms with E-state index in [2.05, 4.69) is 98.8 Å². The van der Waals surface area contributed by atoms with Gasteiger partial charge in [-0.2, -0.15) is 0 Å². The molecule has 0 spiro atoms. The molecule has 0 bridgehead atoms. The predicted molar refractivity (Wildman–Crippen MR) is 152 cm³/mol. The van der Waals surface area contributed by atoms with E-state index in [9.17, 15) is 9.59 Å². The third-order valence-corrected chi connectivity index (χ3v) is 8.68. The van der Waals surface area contributed by atoms with Crippen LogP contribution >= 0.6 is 0 Å². The summed E-state index contributed by atoms with van der Waals surface area (Å²) < 4.78 is 2.26. The molecule has 6 rings (SSSR count). The topological polar surface area (TPSA) is 42.3 Å². The molecule has 3 aliphatic rings. The number of aryl methyl sites for hydroxylation is 1. The molecule has 38 heavy (non-hydrogen) atoms. The molecule has 196 valence electrons. The van der Waals surface area contributed by atoms with E-state index in [0.29, 0.717) is 19.4 Å². The van der Waals surface area contributed by atoms with Crippen LogP contribution in [0.25, 0.3) is 10.9 Å². The lowest BCUT2D eigenvalue weighted by Crippen LogP contribution is -2.44. The van der Waals surface area contributed by atoms with Gasteiger partial charge in [-0.15, -0.1) is 0 Å². The van der Waals surface area contributed by atoms with Gasteiger partial charge in [0.05, 0.1) is 0 Å². The molecular formula is C34H38N2O2. The zero-order valence-electron chi connectivity index (χ0n) is 23.3. The van der Waals surface area contributed by atoms with Crippen molar-refractivity contribution in [3.8, 4) is 0 Å². The summed E-state index contributed by atoms with van der Waals surface area (Å²) in [5.74, 6) is 0.0746. The van der Waals surface area contributed by atoms with E-state index in [4.69, 9.17) is 0 Å². The van der Waals surface area contributed by atoms with Crippen molar-refractivity contribution < 1.29 is 9.59 Å². The van der Waals surface area contributed by atoms with Crippen LogP contribution in [-0.2, 0) is 22.7 Å². The number of benzene rings is 2. The monoisotopic (exact) mass is 506 g/mol. The predicted octanol–water partition coefficient (Wildman–Crippen LogP) is 7.55. The summed E-state index contributed by atoms with van der Waals surface area (Å²) in [7, 11) is 0. The van der Waals surface area contributed by atoms with E-state index >= 15 is 0 Å². The Bertz CT molecular complexity index is 1460. The molecule has 4 nitrogen and oxygen atoms in total. The third-order valence-electron chi connectivity index (χ3n) is 8.68. The second-order valence-electron chi connectivity index (χ2n) is 13.0. The quantitative estimate of drug-likeness (QED) is 0.367. The minimum absolute atomic E-state index is 0.126. The van der Waals surface area contributed by atoms with Gasteiger partial charge in [-0.3, -0.25) is 9.59 Å². The molecule has 2 aliphatic carbocycles. The van der Waals surface area contributed by atoms with Gasteiger partial charge in [0.2, 0.25) is 0 Å². The Morgan fingerprint density at radius 2 is 1.32 bits per heavy atom. The van der Waals surface area contributed by atoms with Crippen molar-refractivity contribution in [1.29, 1.82) is 0 Å².